The van der Waals surface area contributed by atoms with Crippen molar-refractivity contribution in [1.29, 1.82) is 1.34 Å². The molecule has 5 heteroatoms. The fraction of sp³-hybridized carbons (Fsp3) is 0.846. The molecule has 1 aliphatic heterocycles. The molecule has 0 amide bonds. The van der Waals surface area contributed by atoms with Gasteiger partial charge in [-0.05, 0) is 27.5 Å². The summed E-state index contributed by atoms with van der Waals surface area (Å²) >= 11 is 0.998. The number of ether oxygens (including phenoxy) is 1. The molecule has 1 unspecified atom stereocenters. The normalized spacial score (nSPS) is 33.9. The Kier molecular flexibility index (Phi) is 5.19. The van der Waals surface area contributed by atoms with Crippen molar-refractivity contribution in [2.45, 2.75) is 57.8 Å². The molecule has 1 heterocycles. The van der Waals surface area contributed by atoms with Crippen LogP contribution in [0, 0.1) is 5.41 Å². The first-order chi connectivity index (χ1) is 8.87. The molecular formula is C13H24BO3S. The van der Waals surface area contributed by atoms with E-state index in [0.29, 0.717) is 6.61 Å². The Morgan fingerprint density at radius 3 is 3.06 bits per heavy atom. The minimum Gasteiger partial charge on any atom is -0.390 e. The van der Waals surface area contributed by atoms with Gasteiger partial charge in [-0.25, -0.2) is 0 Å². The van der Waals surface area contributed by atoms with Crippen molar-refractivity contribution in [2.75, 3.05) is 6.61 Å². The summed E-state index contributed by atoms with van der Waals surface area (Å²) in [5.41, 5.74) is -0.996. The molecule has 1 N–H and O–H groups in total. The zero-order chi connectivity index (χ0) is 14.5. The average molecular weight is 273 g/mol. The van der Waals surface area contributed by atoms with E-state index in [0.717, 1.165) is 38.2 Å². The van der Waals surface area contributed by atoms with Crippen molar-refractivity contribution in [1.82, 2.24) is 0 Å². The van der Waals surface area contributed by atoms with Crippen LogP contribution in [-0.2, 0) is 8.92 Å². The molecule has 3 nitrogen and oxygen atoms in total. The van der Waals surface area contributed by atoms with Gasteiger partial charge in [-0.1, -0.05) is 31.8 Å². The van der Waals surface area contributed by atoms with Gasteiger partial charge in [0.15, 0.2) is 0 Å². The average Bonchev–Trinajstić information content (AvgIpc) is 2.34. The smallest absolute Gasteiger partial charge is 0.209 e. The molecule has 1 aliphatic rings. The molecule has 0 aromatic carbocycles. The third kappa shape index (κ3) is 3.32. The van der Waals surface area contributed by atoms with E-state index in [2.05, 4.69) is 6.58 Å². The highest BCUT2D eigenvalue weighted by molar-refractivity contribution is 8.15. The number of aliphatic hydroxyl groups is 1. The quantitative estimate of drug-likeness (QED) is 0.334. The molecule has 0 bridgehead atoms. The lowest BCUT2D eigenvalue weighted by Crippen LogP contribution is -2.59. The van der Waals surface area contributed by atoms with E-state index < -0.39 is 11.7 Å². The Bertz CT molecular complexity index is 304. The Morgan fingerprint density at radius 1 is 1.72 bits per heavy atom. The molecule has 1 fully saturated rings. The highest BCUT2D eigenvalue weighted by atomic mass is 32.2. The van der Waals surface area contributed by atoms with E-state index in [1.807, 2.05) is 26.8 Å². The second kappa shape index (κ2) is 6.46. The number of aliphatic hydroxyl groups excluding tert-OH is 1. The van der Waals surface area contributed by atoms with Crippen molar-refractivity contribution in [3.8, 4) is 0 Å². The molecule has 3 atom stereocenters. The Labute approximate surface area is 117 Å². The Balaban J connectivity index is 2.75. The molecule has 103 valence electrons. The fourth-order valence-corrected chi connectivity index (χ4v) is 2.75. The Hall–Kier alpha value is 0.0349. The summed E-state index contributed by atoms with van der Waals surface area (Å²) in [6.07, 6.45) is 3.86. The van der Waals surface area contributed by atoms with Gasteiger partial charge in [0.1, 0.15) is 0 Å². The van der Waals surface area contributed by atoms with Crippen LogP contribution >= 0.6 is 11.9 Å². The van der Waals surface area contributed by atoms with E-state index in [1.165, 1.54) is 0 Å². The summed E-state index contributed by atoms with van der Waals surface area (Å²) in [6.45, 7) is 10.2. The summed E-state index contributed by atoms with van der Waals surface area (Å²) in [5.74, 6) is 0. The second-order valence-corrected chi connectivity index (χ2v) is 6.13. The maximum atomic E-state index is 10.3. The molecule has 0 aliphatic carbocycles. The molecule has 18 heavy (non-hydrogen) atoms. The van der Waals surface area contributed by atoms with Crippen molar-refractivity contribution in [3.05, 3.63) is 12.7 Å². The van der Waals surface area contributed by atoms with Crippen LogP contribution in [0.15, 0.2) is 12.7 Å². The van der Waals surface area contributed by atoms with Gasteiger partial charge in [0.05, 0.1) is 24.4 Å². The molecular weight excluding hydrogens is 247 g/mol. The predicted octanol–water partition coefficient (Wildman–Crippen LogP) is 2.37. The number of hydrogen-bond acceptors (Lipinski definition) is 4. The van der Waals surface area contributed by atoms with Crippen LogP contribution in [0.25, 0.3) is 0 Å². The number of rotatable bonds is 7. The minimum absolute atomic E-state index is 0.112. The van der Waals surface area contributed by atoms with Crippen LogP contribution in [0.5, 0.6) is 0 Å². The SMILES string of the molecule is [3H][B]SOCC(C)(C)[C@]1(C)O[C@H](CC=C)CCC1O. The van der Waals surface area contributed by atoms with Crippen molar-refractivity contribution >= 4 is 19.0 Å². The molecule has 1 saturated heterocycles. The molecule has 0 aromatic heterocycles. The molecule has 0 aromatic rings. The van der Waals surface area contributed by atoms with E-state index >= 15 is 0 Å². The zero-order valence-corrected chi connectivity index (χ0v) is 12.3. The minimum atomic E-state index is -0.651. The van der Waals surface area contributed by atoms with Gasteiger partial charge >= 0.3 is 0 Å². The van der Waals surface area contributed by atoms with Crippen molar-refractivity contribution in [2.24, 2.45) is 5.41 Å². The first kappa shape index (κ1) is 14.4. The van der Waals surface area contributed by atoms with Gasteiger partial charge in [-0.3, -0.25) is 0 Å². The molecule has 1 radical (unpaired) electrons. The fourth-order valence-electron chi connectivity index (χ4n) is 2.39. The van der Waals surface area contributed by atoms with Crippen LogP contribution < -0.4 is 0 Å². The van der Waals surface area contributed by atoms with Crippen LogP contribution in [-0.4, -0.2) is 37.9 Å². The van der Waals surface area contributed by atoms with Gasteiger partial charge in [-0.15, -0.1) is 6.58 Å². The maximum Gasteiger partial charge on any atom is 0.209 e. The lowest BCUT2D eigenvalue weighted by atomic mass is 9.70. The summed E-state index contributed by atoms with van der Waals surface area (Å²) < 4.78 is 18.5. The van der Waals surface area contributed by atoms with E-state index in [-0.39, 0.29) is 11.5 Å². The van der Waals surface area contributed by atoms with E-state index in [9.17, 15) is 5.11 Å². The van der Waals surface area contributed by atoms with Crippen LogP contribution in [0.1, 0.15) is 40.0 Å². The van der Waals surface area contributed by atoms with Crippen LogP contribution in [0.4, 0.5) is 0 Å². The topological polar surface area (TPSA) is 38.7 Å². The van der Waals surface area contributed by atoms with Crippen molar-refractivity contribution in [3.63, 3.8) is 0 Å². The van der Waals surface area contributed by atoms with Gasteiger partial charge in [0.2, 0.25) is 7.09 Å². The number of hydrogen-bond donors (Lipinski definition) is 1. The predicted molar refractivity (Wildman–Crippen MR) is 77.8 cm³/mol. The summed E-state index contributed by atoms with van der Waals surface area (Å²) in [6, 6.07) is 0. The largest absolute Gasteiger partial charge is 0.390 e. The Morgan fingerprint density at radius 2 is 2.44 bits per heavy atom. The van der Waals surface area contributed by atoms with Gasteiger partial charge < -0.3 is 14.0 Å². The lowest BCUT2D eigenvalue weighted by Gasteiger charge is -2.51. The third-order valence-corrected chi connectivity index (χ3v) is 4.32. The molecule has 0 saturated carbocycles. The standard InChI is InChI=1S/C13H24BO3S/c1-5-6-10-7-8-11(15)13(4,17-10)12(2,3)9-16-18-14/h5,10-11,14-15H,1,6-9H2,2-4H3/t10-,11?,13-/m1/s1/i14T. The van der Waals surface area contributed by atoms with E-state index in [1.54, 1.807) is 0 Å². The second-order valence-electron chi connectivity index (χ2n) is 5.71. The zero-order valence-electron chi connectivity index (χ0n) is 12.5. The molecule has 1 rings (SSSR count). The maximum absolute atomic E-state index is 10.3. The highest BCUT2D eigenvalue weighted by Crippen LogP contribution is 2.43. The first-order valence-electron chi connectivity index (χ1n) is 6.90. The van der Waals surface area contributed by atoms with Crippen LogP contribution in [0.3, 0.4) is 0 Å². The van der Waals surface area contributed by atoms with Gasteiger partial charge in [-0.2, -0.15) is 0 Å². The van der Waals surface area contributed by atoms with Crippen molar-refractivity contribution < 1.29 is 14.0 Å². The van der Waals surface area contributed by atoms with Gasteiger partial charge in [0, 0.05) is 5.41 Å². The third-order valence-electron chi connectivity index (χ3n) is 4.07. The monoisotopic (exact) mass is 273 g/mol. The lowest BCUT2D eigenvalue weighted by molar-refractivity contribution is -0.233. The molecule has 0 spiro atoms. The van der Waals surface area contributed by atoms with E-state index in [4.69, 9.17) is 10.3 Å². The summed E-state index contributed by atoms with van der Waals surface area (Å²) in [4.78, 5) is 0. The summed E-state index contributed by atoms with van der Waals surface area (Å²) in [7, 11) is 1.15. The summed E-state index contributed by atoms with van der Waals surface area (Å²) in [5, 5.41) is 10.3. The highest BCUT2D eigenvalue weighted by Gasteiger charge is 2.51. The van der Waals surface area contributed by atoms with Gasteiger partial charge in [0.25, 0.3) is 0 Å². The van der Waals surface area contributed by atoms with Crippen LogP contribution in [0.2, 0.25) is 0 Å². The first-order valence-corrected chi connectivity index (χ1v) is 7.13.